The van der Waals surface area contributed by atoms with Crippen molar-refractivity contribution in [3.05, 3.63) is 65.4 Å². The maximum absolute atomic E-state index is 15.8. The zero-order chi connectivity index (χ0) is 21.6. The van der Waals surface area contributed by atoms with Gasteiger partial charge in [0.1, 0.15) is 11.6 Å². The van der Waals surface area contributed by atoms with Gasteiger partial charge in [0.2, 0.25) is 0 Å². The van der Waals surface area contributed by atoms with Gasteiger partial charge in [0.15, 0.2) is 0 Å². The van der Waals surface area contributed by atoms with Crippen LogP contribution in [-0.4, -0.2) is 28.3 Å². The number of halogens is 2. The Balaban J connectivity index is 1.87. The van der Waals surface area contributed by atoms with Crippen LogP contribution < -0.4 is 10.4 Å². The Bertz CT molecular complexity index is 1130. The lowest BCUT2D eigenvalue weighted by molar-refractivity contribution is 0.128. The van der Waals surface area contributed by atoms with Crippen LogP contribution in [0.3, 0.4) is 0 Å². The molecule has 158 valence electrons. The van der Waals surface area contributed by atoms with Gasteiger partial charge in [0, 0.05) is 41.4 Å². The highest BCUT2D eigenvalue weighted by Gasteiger charge is 2.42. The van der Waals surface area contributed by atoms with Crippen molar-refractivity contribution in [1.82, 2.24) is 10.3 Å². The topological polar surface area (TPSA) is 51.3 Å². The Hall–Kier alpha value is -2.70. The summed E-state index contributed by atoms with van der Waals surface area (Å²) >= 11 is 0. The average molecular weight is 411 g/mol. The van der Waals surface area contributed by atoms with Crippen LogP contribution in [0.5, 0.6) is 0 Å². The second-order valence-electron chi connectivity index (χ2n) is 8.44. The third kappa shape index (κ3) is 3.11. The molecular weight excluding hydrogens is 384 g/mol. The fraction of sp³-hybridized carbons (Fsp3) is 0.333. The van der Waals surface area contributed by atoms with Crippen molar-refractivity contribution in [2.24, 2.45) is 0 Å². The van der Waals surface area contributed by atoms with Gasteiger partial charge in [-0.1, -0.05) is 30.4 Å². The van der Waals surface area contributed by atoms with Crippen LogP contribution in [0.1, 0.15) is 31.9 Å². The van der Waals surface area contributed by atoms with Crippen LogP contribution in [0.25, 0.3) is 22.0 Å². The number of benzene rings is 2. The summed E-state index contributed by atoms with van der Waals surface area (Å²) in [4.78, 5) is 3.14. The number of hydrogen-bond acceptors (Lipinski definition) is 3. The number of nitrogens with zero attached hydrogens (tertiary/aromatic N) is 1. The van der Waals surface area contributed by atoms with Crippen molar-refractivity contribution in [1.29, 1.82) is 0 Å². The van der Waals surface area contributed by atoms with Crippen molar-refractivity contribution < 1.29 is 14.0 Å². The van der Waals surface area contributed by atoms with Gasteiger partial charge < -0.3 is 10.3 Å². The number of fused-ring (bicyclic) bond motifs is 2. The third-order valence-corrected chi connectivity index (χ3v) is 6.24. The highest BCUT2D eigenvalue weighted by molar-refractivity contribution is 5.96. The number of anilines is 1. The van der Waals surface area contributed by atoms with Crippen molar-refractivity contribution in [3.63, 3.8) is 0 Å². The van der Waals surface area contributed by atoms with Gasteiger partial charge in [-0.15, -0.1) is 0 Å². The SMILES string of the molecule is CC=CCN[C@H]1Cc2c(cc(F)c(-c3cccc4c(C)c[nH]c34)c2F)N(O)C1(C)C. The molecule has 3 aromatic rings. The van der Waals surface area contributed by atoms with Crippen LogP contribution in [0, 0.1) is 18.6 Å². The minimum atomic E-state index is -0.731. The molecule has 1 aromatic heterocycles. The Morgan fingerprint density at radius 2 is 2.10 bits per heavy atom. The van der Waals surface area contributed by atoms with Gasteiger partial charge in [-0.25, -0.2) is 13.8 Å². The Morgan fingerprint density at radius 1 is 1.33 bits per heavy atom. The molecule has 0 fully saturated rings. The van der Waals surface area contributed by atoms with E-state index in [-0.39, 0.29) is 17.3 Å². The molecule has 4 rings (SSSR count). The highest BCUT2D eigenvalue weighted by atomic mass is 19.1. The number of aromatic nitrogens is 1. The first kappa shape index (κ1) is 20.6. The monoisotopic (exact) mass is 411 g/mol. The van der Waals surface area contributed by atoms with Gasteiger partial charge in [0.25, 0.3) is 0 Å². The first-order valence-electron chi connectivity index (χ1n) is 10.2. The summed E-state index contributed by atoms with van der Waals surface area (Å²) in [7, 11) is 0. The molecule has 0 saturated carbocycles. The summed E-state index contributed by atoms with van der Waals surface area (Å²) in [6.45, 7) is 8.20. The number of H-pyrrole nitrogens is 1. The largest absolute Gasteiger partial charge is 0.360 e. The molecule has 3 N–H and O–H groups in total. The van der Waals surface area contributed by atoms with Crippen molar-refractivity contribution in [2.45, 2.75) is 45.7 Å². The van der Waals surface area contributed by atoms with E-state index in [0.717, 1.165) is 16.0 Å². The Morgan fingerprint density at radius 3 is 2.83 bits per heavy atom. The summed E-state index contributed by atoms with van der Waals surface area (Å²) in [6, 6.07) is 6.48. The minimum absolute atomic E-state index is 0.0680. The van der Waals surface area contributed by atoms with E-state index >= 15 is 8.78 Å². The lowest BCUT2D eigenvalue weighted by atomic mass is 9.82. The summed E-state index contributed by atoms with van der Waals surface area (Å²) in [6.07, 6.45) is 6.08. The molecule has 0 radical (unpaired) electrons. The Kier molecular flexibility index (Phi) is 5.16. The van der Waals surface area contributed by atoms with Crippen LogP contribution in [0.2, 0.25) is 0 Å². The Labute approximate surface area is 175 Å². The fourth-order valence-corrected chi connectivity index (χ4v) is 4.34. The molecule has 0 saturated heterocycles. The van der Waals surface area contributed by atoms with Crippen LogP contribution in [-0.2, 0) is 6.42 Å². The normalized spacial score (nSPS) is 18.4. The van der Waals surface area contributed by atoms with Crippen LogP contribution >= 0.6 is 0 Å². The van der Waals surface area contributed by atoms with Gasteiger partial charge >= 0.3 is 0 Å². The van der Waals surface area contributed by atoms with Crippen molar-refractivity contribution in [3.8, 4) is 11.1 Å². The molecular formula is C24H27F2N3O. The lowest BCUT2D eigenvalue weighted by Crippen LogP contribution is -2.60. The maximum Gasteiger partial charge on any atom is 0.139 e. The average Bonchev–Trinajstić information content (AvgIpc) is 3.09. The number of aromatic amines is 1. The smallest absolute Gasteiger partial charge is 0.139 e. The van der Waals surface area contributed by atoms with Crippen molar-refractivity contribution >= 4 is 16.6 Å². The van der Waals surface area contributed by atoms with E-state index in [0.29, 0.717) is 29.6 Å². The molecule has 1 atom stereocenters. The molecule has 2 aromatic carbocycles. The molecule has 0 aliphatic carbocycles. The van der Waals surface area contributed by atoms with Crippen LogP contribution in [0.15, 0.2) is 42.6 Å². The zero-order valence-corrected chi connectivity index (χ0v) is 17.7. The van der Waals surface area contributed by atoms with E-state index in [1.807, 2.05) is 52.1 Å². The van der Waals surface area contributed by atoms with Gasteiger partial charge in [-0.2, -0.15) is 0 Å². The van der Waals surface area contributed by atoms with E-state index in [2.05, 4.69) is 10.3 Å². The minimum Gasteiger partial charge on any atom is -0.360 e. The quantitative estimate of drug-likeness (QED) is 0.498. The molecule has 0 amide bonds. The molecule has 30 heavy (non-hydrogen) atoms. The summed E-state index contributed by atoms with van der Waals surface area (Å²) in [5, 5.41) is 16.1. The number of rotatable bonds is 4. The molecule has 4 nitrogen and oxygen atoms in total. The molecule has 1 aliphatic heterocycles. The molecule has 2 heterocycles. The fourth-order valence-electron chi connectivity index (χ4n) is 4.34. The summed E-state index contributed by atoms with van der Waals surface area (Å²) < 4.78 is 31.0. The first-order chi connectivity index (χ1) is 14.3. The van der Waals surface area contributed by atoms with Gasteiger partial charge in [0.05, 0.1) is 22.3 Å². The maximum atomic E-state index is 15.8. The van der Waals surface area contributed by atoms with E-state index in [1.165, 1.54) is 6.07 Å². The molecule has 0 bridgehead atoms. The predicted octanol–water partition coefficient (Wildman–Crippen LogP) is 5.49. The molecule has 1 aliphatic rings. The number of allylic oxidation sites excluding steroid dienone is 1. The number of aryl methyl sites for hydroxylation is 1. The van der Waals surface area contributed by atoms with Crippen molar-refractivity contribution in [2.75, 3.05) is 11.6 Å². The molecule has 0 spiro atoms. The van der Waals surface area contributed by atoms with Gasteiger partial charge in [-0.3, -0.25) is 5.21 Å². The highest BCUT2D eigenvalue weighted by Crippen LogP contribution is 2.42. The van der Waals surface area contributed by atoms with E-state index in [1.54, 1.807) is 12.1 Å². The second kappa shape index (κ2) is 7.52. The standard InChI is InChI=1S/C24H27F2N3O/c1-5-6-10-27-20-11-17-19(29(30)24(20,3)4)12-18(25)21(22(17)26)16-9-7-8-15-14(2)13-28-23(15)16/h5-9,12-13,20,27-28,30H,10-11H2,1-4H3/t20-/m0/s1. The third-order valence-electron chi connectivity index (χ3n) is 6.24. The summed E-state index contributed by atoms with van der Waals surface area (Å²) in [5.41, 5.74) is 1.89. The zero-order valence-electron chi connectivity index (χ0n) is 17.7. The molecule has 0 unspecified atom stereocenters. The lowest BCUT2D eigenvalue weighted by Gasteiger charge is -2.46. The predicted molar refractivity (Wildman–Crippen MR) is 117 cm³/mol. The van der Waals surface area contributed by atoms with Gasteiger partial charge in [-0.05, 0) is 39.7 Å². The second-order valence-corrected chi connectivity index (χ2v) is 8.44. The van der Waals surface area contributed by atoms with E-state index < -0.39 is 17.2 Å². The first-order valence-corrected chi connectivity index (χ1v) is 10.2. The number of hydroxylamine groups is 1. The number of para-hydroxylation sites is 1. The molecule has 6 heteroatoms. The van der Waals surface area contributed by atoms with E-state index in [9.17, 15) is 5.21 Å². The van der Waals surface area contributed by atoms with Crippen LogP contribution in [0.4, 0.5) is 14.5 Å². The van der Waals surface area contributed by atoms with E-state index in [4.69, 9.17) is 0 Å². The summed E-state index contributed by atoms with van der Waals surface area (Å²) in [5.74, 6) is -1.32. The number of hydrogen-bond donors (Lipinski definition) is 3. The number of nitrogens with one attached hydrogen (secondary N) is 2.